The molecule has 0 bridgehead atoms. The van der Waals surface area contributed by atoms with Crippen LogP contribution >= 0.6 is 11.6 Å². The van der Waals surface area contributed by atoms with Crippen LogP contribution in [0.5, 0.6) is 17.2 Å². The molecule has 2 aromatic carbocycles. The lowest BCUT2D eigenvalue weighted by molar-refractivity contribution is -0.383. The predicted octanol–water partition coefficient (Wildman–Crippen LogP) is 3.84. The van der Waals surface area contributed by atoms with E-state index < -0.39 is 4.92 Å². The molecular weight excluding hydrogens is 476 g/mol. The van der Waals surface area contributed by atoms with Gasteiger partial charge in [0.1, 0.15) is 12.1 Å². The van der Waals surface area contributed by atoms with Gasteiger partial charge in [-0.25, -0.2) is 9.97 Å². The highest BCUT2D eigenvalue weighted by atomic mass is 35.5. The molecular formula is C23H23ClN6O5. The minimum absolute atomic E-state index is 0.0726. The molecule has 1 saturated heterocycles. The summed E-state index contributed by atoms with van der Waals surface area (Å²) in [5.41, 5.74) is 1.40. The fraction of sp³-hybridized carbons (Fsp3) is 0.304. The minimum Gasteiger partial charge on any atom is -0.495 e. The van der Waals surface area contributed by atoms with E-state index in [1.165, 1.54) is 13.4 Å². The highest BCUT2D eigenvalue weighted by molar-refractivity contribution is 6.31. The van der Waals surface area contributed by atoms with Crippen molar-refractivity contribution in [2.45, 2.75) is 6.54 Å². The van der Waals surface area contributed by atoms with E-state index in [1.807, 2.05) is 23.1 Å². The van der Waals surface area contributed by atoms with Crippen LogP contribution in [0.3, 0.4) is 0 Å². The molecule has 1 N–H and O–H groups in total. The van der Waals surface area contributed by atoms with Crippen molar-refractivity contribution in [3.63, 3.8) is 0 Å². The third-order valence-electron chi connectivity index (χ3n) is 5.92. The molecule has 0 aliphatic carbocycles. The quantitative estimate of drug-likeness (QED) is 0.380. The molecule has 12 heteroatoms. The lowest BCUT2D eigenvalue weighted by Gasteiger charge is -2.35. The number of halogens is 1. The summed E-state index contributed by atoms with van der Waals surface area (Å²) in [7, 11) is 1.51. The van der Waals surface area contributed by atoms with Gasteiger partial charge >= 0.3 is 5.69 Å². The SMILES string of the molecule is COc1ccc(Cl)cc1Nc1ncnc(N2CCN(Cc3ccc4c(c3)OCO4)CC2)c1[N+](=O)[O-]. The van der Waals surface area contributed by atoms with Crippen molar-refractivity contribution in [2.24, 2.45) is 0 Å². The second kappa shape index (κ2) is 9.80. The number of fused-ring (bicyclic) bond motifs is 1. The molecule has 0 amide bonds. The number of nitrogens with one attached hydrogen (secondary N) is 1. The summed E-state index contributed by atoms with van der Waals surface area (Å²) in [5, 5.41) is 15.5. The van der Waals surface area contributed by atoms with E-state index in [0.29, 0.717) is 29.5 Å². The molecule has 2 aliphatic rings. The first kappa shape index (κ1) is 22.9. The van der Waals surface area contributed by atoms with Gasteiger partial charge in [0, 0.05) is 37.7 Å². The number of nitro groups is 1. The largest absolute Gasteiger partial charge is 0.495 e. The molecule has 1 fully saturated rings. The van der Waals surface area contributed by atoms with Crippen molar-refractivity contribution < 1.29 is 19.1 Å². The summed E-state index contributed by atoms with van der Waals surface area (Å²) >= 11 is 6.11. The highest BCUT2D eigenvalue weighted by Gasteiger charge is 2.30. The second-order valence-corrected chi connectivity index (χ2v) is 8.51. The number of piperazine rings is 1. The number of aromatic nitrogens is 2. The normalized spacial score (nSPS) is 15.2. The maximum atomic E-state index is 12.1. The molecule has 35 heavy (non-hydrogen) atoms. The first-order valence-corrected chi connectivity index (χ1v) is 11.4. The van der Waals surface area contributed by atoms with Crippen LogP contribution in [0, 0.1) is 10.1 Å². The lowest BCUT2D eigenvalue weighted by Crippen LogP contribution is -2.46. The number of nitrogens with zero attached hydrogens (tertiary/aromatic N) is 5. The highest BCUT2D eigenvalue weighted by Crippen LogP contribution is 2.37. The molecule has 0 spiro atoms. The Morgan fingerprint density at radius 3 is 2.69 bits per heavy atom. The standard InChI is InChI=1S/C23H23ClN6O5/c1-33-18-5-3-16(24)11-17(18)27-22-21(30(31)32)23(26-13-25-22)29-8-6-28(7-9-29)12-15-2-4-19-20(10-15)35-14-34-19/h2-5,10-11,13H,6-9,12,14H2,1H3,(H,25,26,27). The molecule has 5 rings (SSSR count). The molecule has 3 heterocycles. The summed E-state index contributed by atoms with van der Waals surface area (Å²) in [4.78, 5) is 24.2. The van der Waals surface area contributed by atoms with E-state index in [1.54, 1.807) is 18.2 Å². The first-order chi connectivity index (χ1) is 17.0. The lowest BCUT2D eigenvalue weighted by atomic mass is 10.1. The summed E-state index contributed by atoms with van der Waals surface area (Å²) < 4.78 is 16.2. The Hall–Kier alpha value is -3.83. The zero-order valence-electron chi connectivity index (χ0n) is 18.9. The Morgan fingerprint density at radius 1 is 1.11 bits per heavy atom. The number of benzene rings is 2. The van der Waals surface area contributed by atoms with Gasteiger partial charge in [-0.3, -0.25) is 15.0 Å². The van der Waals surface area contributed by atoms with Crippen molar-refractivity contribution in [1.82, 2.24) is 14.9 Å². The fourth-order valence-electron chi connectivity index (χ4n) is 4.18. The molecule has 1 aromatic heterocycles. The van der Waals surface area contributed by atoms with Crippen molar-refractivity contribution in [2.75, 3.05) is 50.3 Å². The van der Waals surface area contributed by atoms with Crippen molar-refractivity contribution in [3.8, 4) is 17.2 Å². The first-order valence-electron chi connectivity index (χ1n) is 11.0. The molecule has 0 unspecified atom stereocenters. The third-order valence-corrected chi connectivity index (χ3v) is 6.15. The van der Waals surface area contributed by atoms with Gasteiger partial charge in [0.25, 0.3) is 0 Å². The molecule has 11 nitrogen and oxygen atoms in total. The van der Waals surface area contributed by atoms with E-state index >= 15 is 0 Å². The Kier molecular flexibility index (Phi) is 6.43. The van der Waals surface area contributed by atoms with Gasteiger partial charge in [0.2, 0.25) is 18.4 Å². The van der Waals surface area contributed by atoms with Gasteiger partial charge in [0.05, 0.1) is 17.7 Å². The zero-order chi connectivity index (χ0) is 24.4. The number of methoxy groups -OCH3 is 1. The van der Waals surface area contributed by atoms with Crippen LogP contribution in [0.1, 0.15) is 5.56 Å². The van der Waals surface area contributed by atoms with Crippen LogP contribution in [0.2, 0.25) is 5.02 Å². The summed E-state index contributed by atoms with van der Waals surface area (Å²) in [6.07, 6.45) is 1.32. The summed E-state index contributed by atoms with van der Waals surface area (Å²) in [5.74, 6) is 2.35. The van der Waals surface area contributed by atoms with Crippen molar-refractivity contribution in [3.05, 3.63) is 63.4 Å². The second-order valence-electron chi connectivity index (χ2n) is 8.07. The van der Waals surface area contributed by atoms with E-state index in [2.05, 4.69) is 20.2 Å². The molecule has 2 aliphatic heterocycles. The maximum absolute atomic E-state index is 12.1. The Labute approximate surface area is 206 Å². The van der Waals surface area contributed by atoms with Crippen LogP contribution in [0.4, 0.5) is 23.0 Å². The number of anilines is 3. The maximum Gasteiger partial charge on any atom is 0.353 e. The predicted molar refractivity (Wildman–Crippen MR) is 130 cm³/mol. The smallest absolute Gasteiger partial charge is 0.353 e. The van der Waals surface area contributed by atoms with Crippen LogP contribution < -0.4 is 24.4 Å². The Bertz CT molecular complexity index is 1250. The van der Waals surface area contributed by atoms with Crippen molar-refractivity contribution >= 4 is 34.6 Å². The van der Waals surface area contributed by atoms with Gasteiger partial charge in [-0.2, -0.15) is 0 Å². The third kappa shape index (κ3) is 4.86. The molecule has 182 valence electrons. The Morgan fingerprint density at radius 2 is 1.91 bits per heavy atom. The van der Waals surface area contributed by atoms with E-state index in [0.717, 1.165) is 36.7 Å². The Balaban J connectivity index is 1.31. The fourth-order valence-corrected chi connectivity index (χ4v) is 4.35. The molecule has 0 atom stereocenters. The van der Waals surface area contributed by atoms with Crippen LogP contribution in [0.15, 0.2) is 42.7 Å². The molecule has 0 radical (unpaired) electrons. The van der Waals surface area contributed by atoms with Gasteiger partial charge in [-0.1, -0.05) is 17.7 Å². The van der Waals surface area contributed by atoms with Gasteiger partial charge in [0.15, 0.2) is 11.5 Å². The topological polar surface area (TPSA) is 115 Å². The van der Waals surface area contributed by atoms with Gasteiger partial charge in [-0.15, -0.1) is 0 Å². The number of ether oxygens (including phenoxy) is 3. The summed E-state index contributed by atoms with van der Waals surface area (Å²) in [6.45, 7) is 3.61. The average Bonchev–Trinajstić information content (AvgIpc) is 3.32. The van der Waals surface area contributed by atoms with E-state index in [4.69, 9.17) is 25.8 Å². The van der Waals surface area contributed by atoms with Gasteiger partial charge in [-0.05, 0) is 35.9 Å². The van der Waals surface area contributed by atoms with Crippen molar-refractivity contribution in [1.29, 1.82) is 0 Å². The van der Waals surface area contributed by atoms with Crippen LogP contribution in [0.25, 0.3) is 0 Å². The monoisotopic (exact) mass is 498 g/mol. The summed E-state index contributed by atoms with van der Waals surface area (Å²) in [6, 6.07) is 10.9. The van der Waals surface area contributed by atoms with E-state index in [-0.39, 0.29) is 24.1 Å². The molecule has 3 aromatic rings. The number of hydrogen-bond donors (Lipinski definition) is 1. The minimum atomic E-state index is -0.465. The average molecular weight is 499 g/mol. The van der Waals surface area contributed by atoms with Crippen LogP contribution in [-0.2, 0) is 6.54 Å². The number of hydrogen-bond acceptors (Lipinski definition) is 10. The van der Waals surface area contributed by atoms with Gasteiger partial charge < -0.3 is 24.4 Å². The van der Waals surface area contributed by atoms with E-state index in [9.17, 15) is 10.1 Å². The number of rotatable bonds is 7. The zero-order valence-corrected chi connectivity index (χ0v) is 19.7. The molecule has 0 saturated carbocycles. The van der Waals surface area contributed by atoms with Crippen LogP contribution in [-0.4, -0.2) is 59.9 Å².